The van der Waals surface area contributed by atoms with Gasteiger partial charge in [-0.15, -0.1) is 0 Å². The van der Waals surface area contributed by atoms with E-state index in [1.165, 1.54) is 12.8 Å². The Labute approximate surface area is 125 Å². The van der Waals surface area contributed by atoms with E-state index in [-0.39, 0.29) is 0 Å². The number of nitrogens with zero attached hydrogens (tertiary/aromatic N) is 3. The van der Waals surface area contributed by atoms with E-state index < -0.39 is 0 Å². The molecule has 0 radical (unpaired) electrons. The Morgan fingerprint density at radius 2 is 2.29 bits per heavy atom. The van der Waals surface area contributed by atoms with Crippen molar-refractivity contribution in [1.29, 1.82) is 0 Å². The minimum Gasteiger partial charge on any atom is -0.476 e. The molecule has 2 heterocycles. The number of hydrogen-bond acceptors (Lipinski definition) is 7. The topological polar surface area (TPSA) is 85.5 Å². The summed E-state index contributed by atoms with van der Waals surface area (Å²) in [6, 6.07) is 2.15. The van der Waals surface area contributed by atoms with Crippen molar-refractivity contribution >= 4 is 5.82 Å². The predicted octanol–water partition coefficient (Wildman–Crippen LogP) is 1.16. The van der Waals surface area contributed by atoms with Gasteiger partial charge in [-0.25, -0.2) is 10.8 Å². The highest BCUT2D eigenvalue weighted by Gasteiger charge is 2.19. The van der Waals surface area contributed by atoms with Gasteiger partial charge in [-0.1, -0.05) is 6.42 Å². The highest BCUT2D eigenvalue weighted by Crippen LogP contribution is 2.18. The Kier molecular flexibility index (Phi) is 6.16. The van der Waals surface area contributed by atoms with E-state index in [1.807, 2.05) is 6.92 Å². The molecule has 1 unspecified atom stereocenters. The Morgan fingerprint density at radius 3 is 3.00 bits per heavy atom. The third-order valence-corrected chi connectivity index (χ3v) is 3.68. The number of nitrogens with one attached hydrogen (secondary N) is 1. The Balaban J connectivity index is 1.97. The van der Waals surface area contributed by atoms with Crippen LogP contribution in [0, 0.1) is 0 Å². The molecule has 7 nitrogen and oxygen atoms in total. The fraction of sp³-hybridized carbons (Fsp3) is 0.714. The van der Waals surface area contributed by atoms with Gasteiger partial charge in [0, 0.05) is 18.7 Å². The van der Waals surface area contributed by atoms with E-state index in [2.05, 4.69) is 27.3 Å². The van der Waals surface area contributed by atoms with Gasteiger partial charge in [-0.3, -0.25) is 0 Å². The van der Waals surface area contributed by atoms with E-state index in [0.29, 0.717) is 43.4 Å². The quantitative estimate of drug-likeness (QED) is 0.576. The van der Waals surface area contributed by atoms with Crippen LogP contribution in [0.1, 0.15) is 32.0 Å². The molecule has 0 aliphatic carbocycles. The minimum absolute atomic E-state index is 0.353. The molecular weight excluding hydrogens is 270 g/mol. The van der Waals surface area contributed by atoms with Crippen molar-refractivity contribution in [3.05, 3.63) is 11.9 Å². The van der Waals surface area contributed by atoms with Crippen LogP contribution >= 0.6 is 0 Å². The number of rotatable bonds is 7. The number of nitrogens with two attached hydrogens (primary N) is 1. The summed E-state index contributed by atoms with van der Waals surface area (Å²) in [6.07, 6.45) is 3.68. The Hall–Kier alpha value is -1.44. The summed E-state index contributed by atoms with van der Waals surface area (Å²) in [7, 11) is 2.14. The molecule has 7 heteroatoms. The first-order chi connectivity index (χ1) is 10.2. The first-order valence-electron chi connectivity index (χ1n) is 7.48. The molecule has 2 rings (SSSR count). The molecule has 1 atom stereocenters. The number of hydrogen-bond donors (Lipinski definition) is 2. The number of aromatic nitrogens is 2. The molecule has 1 aliphatic heterocycles. The summed E-state index contributed by atoms with van der Waals surface area (Å²) < 4.78 is 11.2. The summed E-state index contributed by atoms with van der Waals surface area (Å²) in [6.45, 7) is 4.66. The van der Waals surface area contributed by atoms with E-state index in [9.17, 15) is 0 Å². The van der Waals surface area contributed by atoms with E-state index in [1.54, 1.807) is 6.07 Å². The fourth-order valence-corrected chi connectivity index (χ4v) is 2.41. The molecule has 0 aromatic carbocycles. The molecule has 1 fully saturated rings. The Morgan fingerprint density at radius 1 is 1.43 bits per heavy atom. The molecule has 1 saturated heterocycles. The zero-order valence-corrected chi connectivity index (χ0v) is 12.8. The standard InChI is InChI=1S/C14H25N5O2/c1-3-20-10-13-16-12(18-15)8-14(17-13)21-9-11-6-4-5-7-19(11)2/h8,11H,3-7,9-10,15H2,1-2H3,(H,16,17,18). The van der Waals surface area contributed by atoms with Crippen LogP contribution in [0.3, 0.4) is 0 Å². The van der Waals surface area contributed by atoms with Crippen LogP contribution in [-0.2, 0) is 11.3 Å². The smallest absolute Gasteiger partial charge is 0.218 e. The van der Waals surface area contributed by atoms with Crippen LogP contribution in [0.25, 0.3) is 0 Å². The molecule has 1 aliphatic rings. The molecular formula is C14H25N5O2. The number of anilines is 1. The van der Waals surface area contributed by atoms with Crippen molar-refractivity contribution in [2.24, 2.45) is 5.84 Å². The van der Waals surface area contributed by atoms with Crippen molar-refractivity contribution in [2.75, 3.05) is 32.2 Å². The number of hydrazine groups is 1. The van der Waals surface area contributed by atoms with Gasteiger partial charge in [0.05, 0.1) is 0 Å². The van der Waals surface area contributed by atoms with Crippen molar-refractivity contribution in [2.45, 2.75) is 38.8 Å². The van der Waals surface area contributed by atoms with Crippen LogP contribution in [-0.4, -0.2) is 47.7 Å². The fourth-order valence-electron chi connectivity index (χ4n) is 2.41. The summed E-state index contributed by atoms with van der Waals surface area (Å²) in [5.74, 6) is 7.07. The molecule has 21 heavy (non-hydrogen) atoms. The van der Waals surface area contributed by atoms with E-state index >= 15 is 0 Å². The number of likely N-dealkylation sites (tertiary alicyclic amines) is 1. The van der Waals surface area contributed by atoms with Gasteiger partial charge < -0.3 is 19.8 Å². The lowest BCUT2D eigenvalue weighted by atomic mass is 10.0. The third-order valence-electron chi connectivity index (χ3n) is 3.68. The van der Waals surface area contributed by atoms with Gasteiger partial charge in [0.25, 0.3) is 0 Å². The zero-order valence-electron chi connectivity index (χ0n) is 12.8. The number of piperidine rings is 1. The largest absolute Gasteiger partial charge is 0.476 e. The van der Waals surface area contributed by atoms with Crippen molar-refractivity contribution in [3.8, 4) is 5.88 Å². The zero-order chi connectivity index (χ0) is 15.1. The lowest BCUT2D eigenvalue weighted by Gasteiger charge is -2.31. The first-order valence-corrected chi connectivity index (χ1v) is 7.48. The monoisotopic (exact) mass is 295 g/mol. The average molecular weight is 295 g/mol. The van der Waals surface area contributed by atoms with Crippen molar-refractivity contribution in [3.63, 3.8) is 0 Å². The van der Waals surface area contributed by atoms with Crippen molar-refractivity contribution in [1.82, 2.24) is 14.9 Å². The van der Waals surface area contributed by atoms with Gasteiger partial charge in [-0.2, -0.15) is 4.98 Å². The van der Waals surface area contributed by atoms with Crippen LogP contribution in [0.4, 0.5) is 5.82 Å². The minimum atomic E-state index is 0.353. The lowest BCUT2D eigenvalue weighted by molar-refractivity contribution is 0.117. The van der Waals surface area contributed by atoms with Gasteiger partial charge in [-0.05, 0) is 33.4 Å². The van der Waals surface area contributed by atoms with Crippen LogP contribution in [0.2, 0.25) is 0 Å². The number of likely N-dealkylation sites (N-methyl/N-ethyl adjacent to an activating group) is 1. The highest BCUT2D eigenvalue weighted by molar-refractivity contribution is 5.36. The maximum Gasteiger partial charge on any atom is 0.218 e. The molecule has 1 aromatic rings. The van der Waals surface area contributed by atoms with Crippen molar-refractivity contribution < 1.29 is 9.47 Å². The normalized spacial score (nSPS) is 19.5. The predicted molar refractivity (Wildman–Crippen MR) is 80.9 cm³/mol. The lowest BCUT2D eigenvalue weighted by Crippen LogP contribution is -2.40. The summed E-state index contributed by atoms with van der Waals surface area (Å²) in [4.78, 5) is 10.9. The molecule has 3 N–H and O–H groups in total. The second kappa shape index (κ2) is 8.11. The van der Waals surface area contributed by atoms with Crippen LogP contribution in [0.15, 0.2) is 6.07 Å². The maximum atomic E-state index is 5.84. The second-order valence-corrected chi connectivity index (χ2v) is 5.23. The van der Waals surface area contributed by atoms with Crippen LogP contribution in [0.5, 0.6) is 5.88 Å². The second-order valence-electron chi connectivity index (χ2n) is 5.23. The first kappa shape index (κ1) is 15.9. The van der Waals surface area contributed by atoms with Crippen LogP contribution < -0.4 is 16.0 Å². The van der Waals surface area contributed by atoms with Gasteiger partial charge in [0.1, 0.15) is 19.0 Å². The molecule has 1 aromatic heterocycles. The van der Waals surface area contributed by atoms with Gasteiger partial charge in [0.2, 0.25) is 5.88 Å². The summed E-state index contributed by atoms with van der Waals surface area (Å²) >= 11 is 0. The Bertz CT molecular complexity index is 443. The molecule has 0 bridgehead atoms. The SMILES string of the molecule is CCOCc1nc(NN)cc(OCC2CCCCN2C)n1. The summed E-state index contributed by atoms with van der Waals surface area (Å²) in [5, 5.41) is 0. The molecule has 0 saturated carbocycles. The molecule has 0 spiro atoms. The maximum absolute atomic E-state index is 5.84. The number of nitrogen functional groups attached to an aromatic ring is 1. The summed E-state index contributed by atoms with van der Waals surface area (Å²) in [5.41, 5.74) is 2.53. The number of ether oxygens (including phenoxy) is 2. The molecule has 118 valence electrons. The van der Waals surface area contributed by atoms with E-state index in [4.69, 9.17) is 15.3 Å². The molecule has 0 amide bonds. The van der Waals surface area contributed by atoms with E-state index in [0.717, 1.165) is 13.0 Å². The van der Waals surface area contributed by atoms with Gasteiger partial charge >= 0.3 is 0 Å². The third kappa shape index (κ3) is 4.80. The average Bonchev–Trinajstić information content (AvgIpc) is 2.52. The van der Waals surface area contributed by atoms with Gasteiger partial charge in [0.15, 0.2) is 5.82 Å². The highest BCUT2D eigenvalue weighted by atomic mass is 16.5.